The Balaban J connectivity index is 1.99. The predicted molar refractivity (Wildman–Crippen MR) is 71.8 cm³/mol. The molecule has 4 heteroatoms. The van der Waals surface area contributed by atoms with E-state index in [0.717, 1.165) is 11.3 Å². The largest absolute Gasteiger partial charge is 0.492 e. The van der Waals surface area contributed by atoms with Crippen LogP contribution < -0.4 is 16.0 Å². The Morgan fingerprint density at radius 3 is 2.72 bits per heavy atom. The van der Waals surface area contributed by atoms with Crippen LogP contribution in [-0.4, -0.2) is 11.2 Å². The number of anilines is 1. The third-order valence-electron chi connectivity index (χ3n) is 2.72. The molecule has 2 aromatic rings. The second-order valence-corrected chi connectivity index (χ2v) is 4.10. The van der Waals surface area contributed by atoms with E-state index < -0.39 is 0 Å². The van der Waals surface area contributed by atoms with Gasteiger partial charge < -0.3 is 15.0 Å². The van der Waals surface area contributed by atoms with Crippen molar-refractivity contribution >= 4 is 5.69 Å². The summed E-state index contributed by atoms with van der Waals surface area (Å²) in [6, 6.07) is 11.0. The molecule has 94 valence electrons. The maximum atomic E-state index is 11.7. The second kappa shape index (κ2) is 5.40. The van der Waals surface area contributed by atoms with Gasteiger partial charge in [0.2, 0.25) is 0 Å². The van der Waals surface area contributed by atoms with E-state index in [4.69, 9.17) is 10.5 Å². The van der Waals surface area contributed by atoms with Crippen molar-refractivity contribution in [1.29, 1.82) is 0 Å². The van der Waals surface area contributed by atoms with E-state index in [0.29, 0.717) is 18.8 Å². The van der Waals surface area contributed by atoms with Crippen LogP contribution in [0.4, 0.5) is 5.69 Å². The van der Waals surface area contributed by atoms with Gasteiger partial charge in [-0.3, -0.25) is 4.79 Å². The molecular formula is C14H16N2O2. The summed E-state index contributed by atoms with van der Waals surface area (Å²) < 4.78 is 7.10. The molecule has 1 aromatic heterocycles. The molecule has 0 bridgehead atoms. The molecule has 0 aliphatic heterocycles. The second-order valence-electron chi connectivity index (χ2n) is 4.10. The molecule has 2 N–H and O–H groups in total. The van der Waals surface area contributed by atoms with Crippen LogP contribution in [0.1, 0.15) is 5.56 Å². The van der Waals surface area contributed by atoms with E-state index in [-0.39, 0.29) is 5.56 Å². The average Bonchev–Trinajstić information content (AvgIpc) is 2.37. The van der Waals surface area contributed by atoms with Crippen molar-refractivity contribution in [2.45, 2.75) is 13.5 Å². The van der Waals surface area contributed by atoms with E-state index >= 15 is 0 Å². The van der Waals surface area contributed by atoms with Gasteiger partial charge in [-0.25, -0.2) is 0 Å². The van der Waals surface area contributed by atoms with Gasteiger partial charge in [0.15, 0.2) is 0 Å². The molecule has 0 amide bonds. The number of nitrogen functional groups attached to an aromatic ring is 1. The fraction of sp³-hybridized carbons (Fsp3) is 0.214. The number of aromatic nitrogens is 1. The van der Waals surface area contributed by atoms with Crippen LogP contribution in [0.3, 0.4) is 0 Å². The summed E-state index contributed by atoms with van der Waals surface area (Å²) in [6.45, 7) is 2.74. The standard InChI is InChI=1S/C14H16N2O2/c1-11-9-14(17)16(10-13(11)15)7-8-18-12-5-3-2-4-6-12/h2-6,9-10H,7-8,15H2,1H3. The lowest BCUT2D eigenvalue weighted by atomic mass is 10.2. The Bertz CT molecular complexity index is 576. The van der Waals surface area contributed by atoms with E-state index in [9.17, 15) is 4.79 Å². The number of benzene rings is 1. The van der Waals surface area contributed by atoms with Gasteiger partial charge in [0.05, 0.1) is 12.2 Å². The molecule has 0 radical (unpaired) electrons. The number of aryl methyl sites for hydroxylation is 1. The first kappa shape index (κ1) is 12.2. The Kier molecular flexibility index (Phi) is 3.67. The molecule has 2 rings (SSSR count). The van der Waals surface area contributed by atoms with Crippen molar-refractivity contribution < 1.29 is 4.74 Å². The Morgan fingerprint density at radius 1 is 1.28 bits per heavy atom. The summed E-state index contributed by atoms with van der Waals surface area (Å²) in [6.07, 6.45) is 1.66. The minimum Gasteiger partial charge on any atom is -0.492 e. The molecule has 1 aromatic carbocycles. The van der Waals surface area contributed by atoms with Gasteiger partial charge >= 0.3 is 0 Å². The molecule has 4 nitrogen and oxygen atoms in total. The van der Waals surface area contributed by atoms with E-state index in [2.05, 4.69) is 0 Å². The molecule has 0 saturated carbocycles. The fourth-order valence-corrected chi connectivity index (χ4v) is 1.64. The van der Waals surface area contributed by atoms with Gasteiger partial charge in [-0.2, -0.15) is 0 Å². The highest BCUT2D eigenvalue weighted by molar-refractivity contribution is 5.42. The van der Waals surface area contributed by atoms with Crippen LogP contribution in [-0.2, 0) is 6.54 Å². The van der Waals surface area contributed by atoms with E-state index in [1.165, 1.54) is 6.07 Å². The number of rotatable bonds is 4. The number of ether oxygens (including phenoxy) is 1. The molecule has 0 saturated heterocycles. The number of pyridine rings is 1. The van der Waals surface area contributed by atoms with Crippen molar-refractivity contribution in [2.24, 2.45) is 0 Å². The van der Waals surface area contributed by atoms with Gasteiger partial charge in [-0.05, 0) is 24.6 Å². The minimum atomic E-state index is -0.0571. The zero-order valence-corrected chi connectivity index (χ0v) is 10.3. The number of hydrogen-bond donors (Lipinski definition) is 1. The van der Waals surface area contributed by atoms with E-state index in [1.54, 1.807) is 10.8 Å². The Labute approximate surface area is 106 Å². The van der Waals surface area contributed by atoms with Crippen LogP contribution in [0.2, 0.25) is 0 Å². The maximum absolute atomic E-state index is 11.7. The molecular weight excluding hydrogens is 228 g/mol. The van der Waals surface area contributed by atoms with Gasteiger partial charge in [0.25, 0.3) is 5.56 Å². The summed E-state index contributed by atoms with van der Waals surface area (Å²) in [7, 11) is 0. The summed E-state index contributed by atoms with van der Waals surface area (Å²) in [5.41, 5.74) is 7.14. The van der Waals surface area contributed by atoms with Crippen LogP contribution >= 0.6 is 0 Å². The van der Waals surface area contributed by atoms with Gasteiger partial charge in [0, 0.05) is 12.3 Å². The quantitative estimate of drug-likeness (QED) is 0.892. The molecule has 0 atom stereocenters. The maximum Gasteiger partial charge on any atom is 0.251 e. The lowest BCUT2D eigenvalue weighted by Gasteiger charge is -2.09. The molecule has 0 spiro atoms. The molecule has 0 aliphatic carbocycles. The van der Waals surface area contributed by atoms with Crippen molar-refractivity contribution in [1.82, 2.24) is 4.57 Å². The minimum absolute atomic E-state index is 0.0571. The van der Waals surface area contributed by atoms with Crippen molar-refractivity contribution in [2.75, 3.05) is 12.3 Å². The summed E-state index contributed by atoms with van der Waals surface area (Å²) in [5.74, 6) is 0.797. The zero-order valence-electron chi connectivity index (χ0n) is 10.3. The van der Waals surface area contributed by atoms with Crippen molar-refractivity contribution in [3.8, 4) is 5.75 Å². The normalized spacial score (nSPS) is 10.3. The van der Waals surface area contributed by atoms with Crippen LogP contribution in [0.5, 0.6) is 5.75 Å². The Hall–Kier alpha value is -2.23. The monoisotopic (exact) mass is 244 g/mol. The summed E-state index contributed by atoms with van der Waals surface area (Å²) in [4.78, 5) is 11.7. The average molecular weight is 244 g/mol. The van der Waals surface area contributed by atoms with Crippen molar-refractivity contribution in [3.05, 3.63) is 58.5 Å². The topological polar surface area (TPSA) is 57.2 Å². The van der Waals surface area contributed by atoms with Crippen LogP contribution in [0.15, 0.2) is 47.4 Å². The SMILES string of the molecule is Cc1cc(=O)n(CCOc2ccccc2)cc1N. The lowest BCUT2D eigenvalue weighted by molar-refractivity contribution is 0.296. The number of nitrogens with zero attached hydrogens (tertiary/aromatic N) is 1. The highest BCUT2D eigenvalue weighted by atomic mass is 16.5. The summed E-state index contributed by atoms with van der Waals surface area (Å²) >= 11 is 0. The third-order valence-corrected chi connectivity index (χ3v) is 2.72. The highest BCUT2D eigenvalue weighted by Crippen LogP contribution is 2.08. The van der Waals surface area contributed by atoms with Crippen LogP contribution in [0.25, 0.3) is 0 Å². The molecule has 0 unspecified atom stereocenters. The first-order valence-corrected chi connectivity index (χ1v) is 5.81. The zero-order chi connectivity index (χ0) is 13.0. The number of para-hydroxylation sites is 1. The number of nitrogens with two attached hydrogens (primary N) is 1. The van der Waals surface area contributed by atoms with Crippen LogP contribution in [0, 0.1) is 6.92 Å². The molecule has 1 heterocycles. The lowest BCUT2D eigenvalue weighted by Crippen LogP contribution is -2.23. The molecule has 0 aliphatic rings. The first-order chi connectivity index (χ1) is 8.66. The molecule has 18 heavy (non-hydrogen) atoms. The van der Waals surface area contributed by atoms with Gasteiger partial charge in [-0.15, -0.1) is 0 Å². The number of hydrogen-bond acceptors (Lipinski definition) is 3. The van der Waals surface area contributed by atoms with Gasteiger partial charge in [0.1, 0.15) is 12.4 Å². The molecule has 0 fully saturated rings. The summed E-state index contributed by atoms with van der Waals surface area (Å²) in [5, 5.41) is 0. The smallest absolute Gasteiger partial charge is 0.251 e. The van der Waals surface area contributed by atoms with Crippen molar-refractivity contribution in [3.63, 3.8) is 0 Å². The predicted octanol–water partition coefficient (Wildman–Crippen LogP) is 1.82. The highest BCUT2D eigenvalue weighted by Gasteiger charge is 2.00. The van der Waals surface area contributed by atoms with Gasteiger partial charge in [-0.1, -0.05) is 18.2 Å². The third kappa shape index (κ3) is 2.91. The van der Waals surface area contributed by atoms with E-state index in [1.807, 2.05) is 37.3 Å². The Morgan fingerprint density at radius 2 is 2.00 bits per heavy atom. The fourth-order valence-electron chi connectivity index (χ4n) is 1.64. The first-order valence-electron chi connectivity index (χ1n) is 5.81.